The van der Waals surface area contributed by atoms with Gasteiger partial charge in [-0.3, -0.25) is 14.4 Å². The smallest absolute Gasteiger partial charge is 0.309 e. The summed E-state index contributed by atoms with van der Waals surface area (Å²) in [5, 5.41) is 9.84. The maximum absolute atomic E-state index is 13.1. The van der Waals surface area contributed by atoms with E-state index < -0.39 is 16.8 Å². The first-order chi connectivity index (χ1) is 10.7. The SMILES string of the molecule is C[C@@]12CCC[C@@](C)(C(=O)O)[C@H]1CC(=O)[C@]13CC(=O)[C@H](CC[C@H]12)C3. The van der Waals surface area contributed by atoms with E-state index in [1.165, 1.54) is 0 Å². The zero-order valence-corrected chi connectivity index (χ0v) is 14.1. The molecule has 4 heteroatoms. The number of hydrogen-bond acceptors (Lipinski definition) is 3. The van der Waals surface area contributed by atoms with Crippen LogP contribution in [0.2, 0.25) is 0 Å². The quantitative estimate of drug-likeness (QED) is 0.805. The fourth-order valence-electron chi connectivity index (χ4n) is 7.05. The highest BCUT2D eigenvalue weighted by Crippen LogP contribution is 2.69. The van der Waals surface area contributed by atoms with Crippen LogP contribution in [0.25, 0.3) is 0 Å². The van der Waals surface area contributed by atoms with Gasteiger partial charge in [0.05, 0.1) is 5.41 Å². The molecule has 126 valence electrons. The molecule has 0 amide bonds. The van der Waals surface area contributed by atoms with Crippen molar-refractivity contribution in [2.75, 3.05) is 0 Å². The standard InChI is InChI=1S/C19H26O4/c1-17-6-3-7-18(2,16(22)23)14(17)8-15(21)19-9-11(12(20)10-19)4-5-13(17)19/h11,13-14H,3-10H2,1-2H3,(H,22,23)/t11-,13+,14+,17+,18-,19-/m1/s1. The molecule has 4 saturated carbocycles. The van der Waals surface area contributed by atoms with E-state index in [1.54, 1.807) is 0 Å². The summed E-state index contributed by atoms with van der Waals surface area (Å²) in [6.07, 6.45) is 5.91. The van der Waals surface area contributed by atoms with Crippen LogP contribution in [0.4, 0.5) is 0 Å². The van der Waals surface area contributed by atoms with Crippen molar-refractivity contribution in [1.29, 1.82) is 0 Å². The van der Waals surface area contributed by atoms with E-state index in [2.05, 4.69) is 6.92 Å². The Morgan fingerprint density at radius 3 is 2.57 bits per heavy atom. The lowest BCUT2D eigenvalue weighted by atomic mass is 9.40. The predicted molar refractivity (Wildman–Crippen MR) is 83.7 cm³/mol. The molecule has 1 spiro atoms. The zero-order valence-electron chi connectivity index (χ0n) is 14.1. The number of carbonyl (C=O) groups is 3. The van der Waals surface area contributed by atoms with Crippen LogP contribution in [0.3, 0.4) is 0 Å². The monoisotopic (exact) mass is 318 g/mol. The number of aliphatic carboxylic acids is 1. The second-order valence-corrected chi connectivity index (χ2v) is 9.09. The molecule has 0 heterocycles. The lowest BCUT2D eigenvalue weighted by Crippen LogP contribution is -2.61. The Morgan fingerprint density at radius 1 is 1.13 bits per heavy atom. The number of rotatable bonds is 1. The van der Waals surface area contributed by atoms with E-state index in [0.717, 1.165) is 32.1 Å². The third kappa shape index (κ3) is 1.70. The van der Waals surface area contributed by atoms with Crippen molar-refractivity contribution >= 4 is 17.5 Å². The van der Waals surface area contributed by atoms with Gasteiger partial charge in [-0.05, 0) is 56.3 Å². The van der Waals surface area contributed by atoms with Gasteiger partial charge in [-0.15, -0.1) is 0 Å². The van der Waals surface area contributed by atoms with Gasteiger partial charge in [-0.2, -0.15) is 0 Å². The molecule has 1 N–H and O–H groups in total. The van der Waals surface area contributed by atoms with E-state index in [4.69, 9.17) is 0 Å². The second kappa shape index (κ2) is 4.46. The molecule has 0 unspecified atom stereocenters. The minimum Gasteiger partial charge on any atom is -0.481 e. The molecule has 0 aromatic carbocycles. The predicted octanol–water partition coefficient (Wildman–Crippen LogP) is 3.23. The normalized spacial score (nSPS) is 52.0. The number of fused-ring (bicyclic) bond motifs is 3. The van der Waals surface area contributed by atoms with Gasteiger partial charge >= 0.3 is 5.97 Å². The van der Waals surface area contributed by atoms with Gasteiger partial charge in [0.25, 0.3) is 0 Å². The highest BCUT2D eigenvalue weighted by Gasteiger charge is 2.69. The molecule has 4 aliphatic rings. The van der Waals surface area contributed by atoms with E-state index in [0.29, 0.717) is 19.3 Å². The van der Waals surface area contributed by atoms with Crippen LogP contribution in [-0.2, 0) is 14.4 Å². The van der Waals surface area contributed by atoms with Crippen LogP contribution in [0.15, 0.2) is 0 Å². The number of carboxylic acid groups (broad SMARTS) is 1. The Bertz CT molecular complexity index is 610. The van der Waals surface area contributed by atoms with E-state index >= 15 is 0 Å². The Morgan fingerprint density at radius 2 is 1.87 bits per heavy atom. The van der Waals surface area contributed by atoms with Crippen molar-refractivity contribution in [2.24, 2.45) is 34.0 Å². The van der Waals surface area contributed by atoms with Gasteiger partial charge in [-0.25, -0.2) is 0 Å². The summed E-state index contributed by atoms with van der Waals surface area (Å²) >= 11 is 0. The number of Topliss-reactive ketones (excluding diaryl/α,β-unsaturated/α-hetero) is 2. The first kappa shape index (κ1) is 15.3. The van der Waals surface area contributed by atoms with Crippen LogP contribution < -0.4 is 0 Å². The van der Waals surface area contributed by atoms with Crippen LogP contribution in [0.5, 0.6) is 0 Å². The maximum Gasteiger partial charge on any atom is 0.309 e. The van der Waals surface area contributed by atoms with Gasteiger partial charge in [0.1, 0.15) is 11.6 Å². The van der Waals surface area contributed by atoms with Gasteiger partial charge in [0.2, 0.25) is 0 Å². The van der Waals surface area contributed by atoms with Crippen LogP contribution in [0, 0.1) is 34.0 Å². The summed E-state index contributed by atoms with van der Waals surface area (Å²) in [7, 11) is 0. The molecule has 4 nitrogen and oxygen atoms in total. The molecule has 4 rings (SSSR count). The Kier molecular flexibility index (Phi) is 2.97. The molecule has 0 aromatic heterocycles. The number of ketones is 2. The summed E-state index contributed by atoms with van der Waals surface area (Å²) < 4.78 is 0. The number of carbonyl (C=O) groups excluding carboxylic acids is 2. The van der Waals surface area contributed by atoms with E-state index in [9.17, 15) is 19.5 Å². The highest BCUT2D eigenvalue weighted by molar-refractivity contribution is 5.97. The Labute approximate surface area is 137 Å². The fourth-order valence-corrected chi connectivity index (χ4v) is 7.05. The average Bonchev–Trinajstić information content (AvgIpc) is 2.73. The van der Waals surface area contributed by atoms with Gasteiger partial charge in [0.15, 0.2) is 0 Å². The lowest BCUT2D eigenvalue weighted by Gasteiger charge is -2.62. The summed E-state index contributed by atoms with van der Waals surface area (Å²) in [5.74, 6) is -0.0904. The molecule has 4 aliphatic carbocycles. The summed E-state index contributed by atoms with van der Waals surface area (Å²) in [6.45, 7) is 4.06. The lowest BCUT2D eigenvalue weighted by molar-refractivity contribution is -0.184. The number of hydrogen-bond donors (Lipinski definition) is 1. The second-order valence-electron chi connectivity index (χ2n) is 9.09. The number of carboxylic acids is 1. The average molecular weight is 318 g/mol. The van der Waals surface area contributed by atoms with Crippen LogP contribution >= 0.6 is 0 Å². The Balaban J connectivity index is 1.81. The first-order valence-corrected chi connectivity index (χ1v) is 9.03. The third-order valence-electron chi connectivity index (χ3n) is 8.23. The summed E-state index contributed by atoms with van der Waals surface area (Å²) in [4.78, 5) is 37.4. The van der Waals surface area contributed by atoms with Crippen molar-refractivity contribution in [3.63, 3.8) is 0 Å². The van der Waals surface area contributed by atoms with Crippen molar-refractivity contribution in [1.82, 2.24) is 0 Å². The van der Waals surface area contributed by atoms with Crippen molar-refractivity contribution in [3.05, 3.63) is 0 Å². The van der Waals surface area contributed by atoms with Gasteiger partial charge < -0.3 is 5.11 Å². The minimum absolute atomic E-state index is 0.0865. The van der Waals surface area contributed by atoms with Gasteiger partial charge in [0, 0.05) is 24.2 Å². The largest absolute Gasteiger partial charge is 0.481 e. The summed E-state index contributed by atoms with van der Waals surface area (Å²) in [6, 6.07) is 0. The molecular weight excluding hydrogens is 292 g/mol. The molecule has 2 bridgehead atoms. The highest BCUT2D eigenvalue weighted by atomic mass is 16.4. The molecule has 0 aromatic rings. The minimum atomic E-state index is -0.802. The molecule has 23 heavy (non-hydrogen) atoms. The molecule has 6 atom stereocenters. The van der Waals surface area contributed by atoms with E-state index in [1.807, 2.05) is 6.92 Å². The molecule has 0 saturated heterocycles. The molecule has 0 aliphatic heterocycles. The van der Waals surface area contributed by atoms with Crippen molar-refractivity contribution in [3.8, 4) is 0 Å². The van der Waals surface area contributed by atoms with E-state index in [-0.39, 0.29) is 34.7 Å². The topological polar surface area (TPSA) is 71.4 Å². The maximum atomic E-state index is 13.1. The summed E-state index contributed by atoms with van der Waals surface area (Å²) in [5.41, 5.74) is -1.37. The van der Waals surface area contributed by atoms with Gasteiger partial charge in [-0.1, -0.05) is 13.3 Å². The molecule has 4 fully saturated rings. The van der Waals surface area contributed by atoms with Crippen molar-refractivity contribution in [2.45, 2.75) is 65.2 Å². The molecule has 0 radical (unpaired) electrons. The van der Waals surface area contributed by atoms with Crippen molar-refractivity contribution < 1.29 is 19.5 Å². The first-order valence-electron chi connectivity index (χ1n) is 9.03. The zero-order chi connectivity index (χ0) is 16.6. The van der Waals surface area contributed by atoms with Crippen LogP contribution in [-0.4, -0.2) is 22.6 Å². The van der Waals surface area contributed by atoms with Crippen LogP contribution in [0.1, 0.15) is 65.2 Å². The molecular formula is C19H26O4. The Hall–Kier alpha value is -1.19. The fraction of sp³-hybridized carbons (Fsp3) is 0.842. The third-order valence-corrected chi connectivity index (χ3v) is 8.23.